The van der Waals surface area contributed by atoms with Crippen LogP contribution in [0.15, 0.2) is 0 Å². The zero-order valence-corrected chi connectivity index (χ0v) is 10.7. The molecule has 110 valence electrons. The van der Waals surface area contributed by atoms with Gasteiger partial charge in [0.05, 0.1) is 0 Å². The summed E-state index contributed by atoms with van der Waals surface area (Å²) in [7, 11) is 0. The van der Waals surface area contributed by atoms with Gasteiger partial charge in [-0.25, -0.2) is 9.59 Å². The predicted molar refractivity (Wildman–Crippen MR) is 60.6 cm³/mol. The summed E-state index contributed by atoms with van der Waals surface area (Å²) in [5.41, 5.74) is -3.80. The topological polar surface area (TPSA) is 78.4 Å². The van der Waals surface area contributed by atoms with Gasteiger partial charge in [0.2, 0.25) is 5.54 Å². The lowest BCUT2D eigenvalue weighted by atomic mass is 9.75. The molecule has 1 fully saturated rings. The molecule has 0 aromatic heterocycles. The van der Waals surface area contributed by atoms with Gasteiger partial charge >= 0.3 is 18.2 Å². The average molecular weight is 282 g/mol. The molecule has 2 amide bonds. The predicted octanol–water partition coefficient (Wildman–Crippen LogP) is 2.02. The summed E-state index contributed by atoms with van der Waals surface area (Å²) in [6.45, 7) is 2.24. The van der Waals surface area contributed by atoms with Gasteiger partial charge in [-0.3, -0.25) is 0 Å². The van der Waals surface area contributed by atoms with Crippen molar-refractivity contribution in [2.45, 2.75) is 56.8 Å². The van der Waals surface area contributed by atoms with Crippen LogP contribution in [0.4, 0.5) is 18.0 Å². The van der Waals surface area contributed by atoms with E-state index >= 15 is 0 Å². The van der Waals surface area contributed by atoms with E-state index in [4.69, 9.17) is 5.11 Å². The fourth-order valence-electron chi connectivity index (χ4n) is 1.92. The number of aliphatic carboxylic acids is 1. The summed E-state index contributed by atoms with van der Waals surface area (Å²) in [4.78, 5) is 22.4. The lowest BCUT2D eigenvalue weighted by Crippen LogP contribution is -2.66. The fourth-order valence-corrected chi connectivity index (χ4v) is 1.92. The first kappa shape index (κ1) is 15.6. The SMILES string of the molecule is CCC1(NC(=O)NC(C)(C(=O)O)C(F)(F)F)CCC1. The van der Waals surface area contributed by atoms with E-state index in [2.05, 4.69) is 5.32 Å². The van der Waals surface area contributed by atoms with E-state index in [0.717, 1.165) is 6.42 Å². The van der Waals surface area contributed by atoms with Crippen molar-refractivity contribution in [3.63, 3.8) is 0 Å². The number of carboxylic acids is 1. The maximum Gasteiger partial charge on any atom is 0.422 e. The highest BCUT2D eigenvalue weighted by molar-refractivity contribution is 5.87. The van der Waals surface area contributed by atoms with Crippen molar-refractivity contribution in [3.8, 4) is 0 Å². The molecule has 1 atom stereocenters. The zero-order valence-electron chi connectivity index (χ0n) is 10.7. The maximum absolute atomic E-state index is 12.7. The van der Waals surface area contributed by atoms with Crippen LogP contribution in [-0.2, 0) is 4.79 Å². The summed E-state index contributed by atoms with van der Waals surface area (Å²) < 4.78 is 38.1. The molecule has 0 spiro atoms. The Morgan fingerprint density at radius 2 is 1.84 bits per heavy atom. The number of carbonyl (C=O) groups excluding carboxylic acids is 1. The van der Waals surface area contributed by atoms with Gasteiger partial charge < -0.3 is 15.7 Å². The van der Waals surface area contributed by atoms with Crippen molar-refractivity contribution in [3.05, 3.63) is 0 Å². The molecule has 1 aliphatic carbocycles. The number of nitrogens with one attached hydrogen (secondary N) is 2. The van der Waals surface area contributed by atoms with Crippen LogP contribution >= 0.6 is 0 Å². The number of halogens is 3. The van der Waals surface area contributed by atoms with Gasteiger partial charge in [0.25, 0.3) is 0 Å². The van der Waals surface area contributed by atoms with Crippen molar-refractivity contribution >= 4 is 12.0 Å². The van der Waals surface area contributed by atoms with Gasteiger partial charge in [-0.05, 0) is 32.6 Å². The minimum atomic E-state index is -5.07. The molecular formula is C11H17F3N2O3. The third-order valence-electron chi connectivity index (χ3n) is 3.72. The molecule has 1 rings (SSSR count). The Labute approximate surface area is 108 Å². The summed E-state index contributed by atoms with van der Waals surface area (Å²) in [5, 5.41) is 12.6. The highest BCUT2D eigenvalue weighted by atomic mass is 19.4. The number of alkyl halides is 3. The quantitative estimate of drug-likeness (QED) is 0.738. The molecule has 19 heavy (non-hydrogen) atoms. The first-order valence-electron chi connectivity index (χ1n) is 5.97. The Morgan fingerprint density at radius 1 is 1.32 bits per heavy atom. The molecular weight excluding hydrogens is 265 g/mol. The normalized spacial score (nSPS) is 20.9. The third kappa shape index (κ3) is 2.93. The van der Waals surface area contributed by atoms with E-state index < -0.39 is 29.3 Å². The van der Waals surface area contributed by atoms with E-state index in [0.29, 0.717) is 26.2 Å². The average Bonchev–Trinajstić information content (AvgIpc) is 2.21. The molecule has 0 saturated heterocycles. The number of hydrogen-bond donors (Lipinski definition) is 3. The molecule has 3 N–H and O–H groups in total. The van der Waals surface area contributed by atoms with Crippen molar-refractivity contribution in [1.82, 2.24) is 10.6 Å². The lowest BCUT2D eigenvalue weighted by molar-refractivity contribution is -0.203. The van der Waals surface area contributed by atoms with E-state index in [1.807, 2.05) is 6.92 Å². The molecule has 5 nitrogen and oxygen atoms in total. The van der Waals surface area contributed by atoms with Gasteiger partial charge in [-0.15, -0.1) is 0 Å². The molecule has 1 aliphatic rings. The van der Waals surface area contributed by atoms with Gasteiger partial charge in [-0.1, -0.05) is 6.92 Å². The number of carbonyl (C=O) groups is 2. The molecule has 0 aromatic carbocycles. The largest absolute Gasteiger partial charge is 0.479 e. The first-order chi connectivity index (χ1) is 8.56. The standard InChI is InChI=1S/C11H17F3N2O3/c1-3-10(5-4-6-10)16-8(19)15-9(2,7(17)18)11(12,13)14/h3-6H2,1-2H3,(H,17,18)(H2,15,16,19). The molecule has 1 saturated carbocycles. The van der Waals surface area contributed by atoms with Gasteiger partial charge in [0.15, 0.2) is 0 Å². The summed E-state index contributed by atoms with van der Waals surface area (Å²) in [5.74, 6) is -2.14. The number of hydrogen-bond acceptors (Lipinski definition) is 2. The summed E-state index contributed by atoms with van der Waals surface area (Å²) in [6, 6.07) is -1.11. The van der Waals surface area contributed by atoms with Crippen LogP contribution in [0.1, 0.15) is 39.5 Å². The maximum atomic E-state index is 12.7. The molecule has 0 bridgehead atoms. The van der Waals surface area contributed by atoms with Crippen molar-refractivity contribution in [2.24, 2.45) is 0 Å². The van der Waals surface area contributed by atoms with Crippen LogP contribution in [0.2, 0.25) is 0 Å². The monoisotopic (exact) mass is 282 g/mol. The first-order valence-corrected chi connectivity index (χ1v) is 5.97. The lowest BCUT2D eigenvalue weighted by Gasteiger charge is -2.42. The molecule has 0 aromatic rings. The summed E-state index contributed by atoms with van der Waals surface area (Å²) >= 11 is 0. The Bertz CT molecular complexity index is 374. The van der Waals surface area contributed by atoms with E-state index in [1.165, 1.54) is 5.32 Å². The van der Waals surface area contributed by atoms with Crippen molar-refractivity contribution in [1.29, 1.82) is 0 Å². The van der Waals surface area contributed by atoms with E-state index in [1.54, 1.807) is 0 Å². The van der Waals surface area contributed by atoms with Crippen LogP contribution in [0, 0.1) is 0 Å². The molecule has 0 radical (unpaired) electrons. The second kappa shape index (κ2) is 4.90. The van der Waals surface area contributed by atoms with E-state index in [9.17, 15) is 22.8 Å². The Kier molecular flexibility index (Phi) is 4.02. The van der Waals surface area contributed by atoms with Crippen molar-refractivity contribution < 1.29 is 27.9 Å². The third-order valence-corrected chi connectivity index (χ3v) is 3.72. The van der Waals surface area contributed by atoms with Crippen LogP contribution in [0.3, 0.4) is 0 Å². The molecule has 0 aliphatic heterocycles. The van der Waals surface area contributed by atoms with Crippen LogP contribution in [-0.4, -0.2) is 34.4 Å². The smallest absolute Gasteiger partial charge is 0.422 e. The highest BCUT2D eigenvalue weighted by Crippen LogP contribution is 2.35. The Hall–Kier alpha value is -1.47. The Balaban J connectivity index is 2.76. The van der Waals surface area contributed by atoms with Crippen LogP contribution in [0.5, 0.6) is 0 Å². The second-order valence-electron chi connectivity index (χ2n) is 4.99. The zero-order chi connectivity index (χ0) is 14.9. The van der Waals surface area contributed by atoms with Crippen LogP contribution < -0.4 is 10.6 Å². The number of urea groups is 1. The van der Waals surface area contributed by atoms with Gasteiger partial charge in [0.1, 0.15) is 0 Å². The van der Waals surface area contributed by atoms with Crippen LogP contribution in [0.25, 0.3) is 0 Å². The number of rotatable bonds is 4. The number of amides is 2. The van der Waals surface area contributed by atoms with Gasteiger partial charge in [-0.2, -0.15) is 13.2 Å². The highest BCUT2D eigenvalue weighted by Gasteiger charge is 2.58. The minimum absolute atomic E-state index is 0.425. The van der Waals surface area contributed by atoms with Crippen molar-refractivity contribution in [2.75, 3.05) is 0 Å². The number of carboxylic acid groups (broad SMARTS) is 1. The van der Waals surface area contributed by atoms with E-state index in [-0.39, 0.29) is 0 Å². The minimum Gasteiger partial charge on any atom is -0.479 e. The fraction of sp³-hybridized carbons (Fsp3) is 0.818. The molecule has 0 heterocycles. The van der Waals surface area contributed by atoms with Gasteiger partial charge in [0, 0.05) is 5.54 Å². The second-order valence-corrected chi connectivity index (χ2v) is 4.99. The molecule has 1 unspecified atom stereocenters. The Morgan fingerprint density at radius 3 is 2.11 bits per heavy atom. The molecule has 8 heteroatoms. The summed E-state index contributed by atoms with van der Waals surface area (Å²) in [6.07, 6.45) is -2.21.